The quantitative estimate of drug-likeness (QED) is 0.177. The van der Waals surface area contributed by atoms with E-state index >= 15 is 0 Å². The molecule has 0 saturated heterocycles. The maximum absolute atomic E-state index is 8.88. The molecular formula is H12Al2BO7P. The standard InChI is InChI=1S/2Al.BH3O3.H3O4P.6H/c;;2-1(3)4;1-5(2,3)4;;;;;;/h;;2-4H;(H3,1,2,3,4);;;;;;. The van der Waals surface area contributed by atoms with E-state index in [1.165, 1.54) is 0 Å². The molecule has 0 bridgehead atoms. The summed E-state index contributed by atoms with van der Waals surface area (Å²) >= 11 is 0. The van der Waals surface area contributed by atoms with Crippen LogP contribution in [0.1, 0.15) is 0 Å². The van der Waals surface area contributed by atoms with Crippen molar-refractivity contribution in [1.82, 2.24) is 0 Å². The normalized spacial score (nSPS) is 7.82. The fourth-order valence-electron chi connectivity index (χ4n) is 0. The summed E-state index contributed by atoms with van der Waals surface area (Å²) in [5.74, 6) is 0. The van der Waals surface area contributed by atoms with Crippen molar-refractivity contribution in [2.75, 3.05) is 0 Å². The van der Waals surface area contributed by atoms with E-state index in [0.717, 1.165) is 0 Å². The molecule has 0 spiro atoms. The minimum Gasteiger partial charge on any atom is -0.402 e. The van der Waals surface area contributed by atoms with Gasteiger partial charge in [0.1, 0.15) is 0 Å². The molecule has 0 atom stereocenters. The highest BCUT2D eigenvalue weighted by Crippen LogP contribution is 2.25. The first-order valence-electron chi connectivity index (χ1n) is 1.56. The minimum absolute atomic E-state index is 0. The monoisotopic (exact) mass is 220 g/mol. The molecule has 0 saturated carbocycles. The molecule has 0 unspecified atom stereocenters. The Morgan fingerprint density at radius 1 is 0.909 bits per heavy atom. The highest BCUT2D eigenvalue weighted by atomic mass is 31.2. The van der Waals surface area contributed by atoms with Crippen molar-refractivity contribution in [1.29, 1.82) is 0 Å². The van der Waals surface area contributed by atoms with Crippen LogP contribution in [-0.2, 0) is 4.57 Å². The average Bonchev–Trinajstić information content (AvgIpc) is 1.19. The molecule has 0 aromatic rings. The van der Waals surface area contributed by atoms with Crippen LogP contribution >= 0.6 is 7.82 Å². The first-order chi connectivity index (χ1) is 3.73. The smallest absolute Gasteiger partial charge is 0.402 e. The lowest BCUT2D eigenvalue weighted by Gasteiger charge is -1.82. The molecule has 0 heterocycles. The van der Waals surface area contributed by atoms with Gasteiger partial charge in [0.25, 0.3) is 0 Å². The molecule has 68 valence electrons. The summed E-state index contributed by atoms with van der Waals surface area (Å²) in [5, 5.41) is 21.5. The van der Waals surface area contributed by atoms with Gasteiger partial charge in [-0.2, -0.15) is 0 Å². The summed E-state index contributed by atoms with van der Waals surface area (Å²) in [4.78, 5) is 21.6. The number of hydrogen-bond acceptors (Lipinski definition) is 4. The third-order valence-corrected chi connectivity index (χ3v) is 0. The Hall–Kier alpha value is 1.12. The number of rotatable bonds is 0. The van der Waals surface area contributed by atoms with E-state index in [4.69, 9.17) is 34.3 Å². The Kier molecular flexibility index (Phi) is 23.0. The van der Waals surface area contributed by atoms with Crippen molar-refractivity contribution in [2.24, 2.45) is 0 Å². The molecule has 11 heteroatoms. The third kappa shape index (κ3) is 737. The zero-order valence-corrected chi connectivity index (χ0v) is 5.01. The second-order valence-corrected chi connectivity index (χ2v) is 1.89. The van der Waals surface area contributed by atoms with Gasteiger partial charge in [-0.05, 0) is 0 Å². The molecule has 0 amide bonds. The van der Waals surface area contributed by atoms with Crippen molar-refractivity contribution < 1.29 is 34.3 Å². The second-order valence-electron chi connectivity index (χ2n) is 0.860. The fourth-order valence-corrected chi connectivity index (χ4v) is 0. The van der Waals surface area contributed by atoms with Gasteiger partial charge in [-0.15, -0.1) is 0 Å². The molecule has 0 rings (SSSR count). The Balaban J connectivity index is -0.0000000383. The molecule has 0 aromatic carbocycles. The van der Waals surface area contributed by atoms with Gasteiger partial charge in [-0.1, -0.05) is 0 Å². The Bertz CT molecular complexity index is 87.6. The molecular weight excluding hydrogens is 208 g/mol. The third-order valence-electron chi connectivity index (χ3n) is 0. The first kappa shape index (κ1) is 22.7. The molecule has 0 aliphatic rings. The lowest BCUT2D eigenvalue weighted by Crippen LogP contribution is -2.07. The molecule has 0 aliphatic carbocycles. The first-order valence-corrected chi connectivity index (χ1v) is 3.12. The summed E-state index contributed by atoms with van der Waals surface area (Å²) in [5.41, 5.74) is 0. The van der Waals surface area contributed by atoms with E-state index < -0.39 is 15.1 Å². The predicted octanol–water partition coefficient (Wildman–Crippen LogP) is -5.35. The van der Waals surface area contributed by atoms with E-state index in [0.29, 0.717) is 0 Å². The molecule has 0 aromatic heterocycles. The van der Waals surface area contributed by atoms with Gasteiger partial charge in [-0.3, -0.25) is 0 Å². The average molecular weight is 220 g/mol. The minimum atomic E-state index is -4.64. The van der Waals surface area contributed by atoms with Gasteiger partial charge in [0, 0.05) is 0 Å². The van der Waals surface area contributed by atoms with Crippen LogP contribution in [0.5, 0.6) is 0 Å². The van der Waals surface area contributed by atoms with Gasteiger partial charge >= 0.3 is 15.1 Å². The van der Waals surface area contributed by atoms with Crippen LogP contribution in [0, 0.1) is 0 Å². The second kappa shape index (κ2) is 11.1. The topological polar surface area (TPSA) is 138 Å². The SMILES string of the molecule is O=P(O)(O)O.OB(O)O.[AlH3].[AlH3]. The van der Waals surface area contributed by atoms with E-state index in [1.807, 2.05) is 0 Å². The van der Waals surface area contributed by atoms with Crippen LogP contribution in [0.3, 0.4) is 0 Å². The van der Waals surface area contributed by atoms with Gasteiger partial charge in [0.2, 0.25) is 0 Å². The zero-order chi connectivity index (χ0) is 8.08. The van der Waals surface area contributed by atoms with E-state index in [1.54, 1.807) is 0 Å². The van der Waals surface area contributed by atoms with Crippen LogP contribution < -0.4 is 0 Å². The maximum atomic E-state index is 8.88. The Labute approximate surface area is 84.4 Å². The molecule has 7 nitrogen and oxygen atoms in total. The Morgan fingerprint density at radius 2 is 0.909 bits per heavy atom. The van der Waals surface area contributed by atoms with Gasteiger partial charge in [0.05, 0.1) is 0 Å². The number of phosphoric acid groups is 1. The van der Waals surface area contributed by atoms with E-state index in [9.17, 15) is 0 Å². The van der Waals surface area contributed by atoms with Gasteiger partial charge in [0.15, 0.2) is 34.7 Å². The fraction of sp³-hybridized carbons (Fsp3) is 0. The highest BCUT2D eigenvalue weighted by molar-refractivity contribution is 7.45. The summed E-state index contributed by atoms with van der Waals surface area (Å²) in [7, 11) is -6.81. The van der Waals surface area contributed by atoms with Gasteiger partial charge < -0.3 is 29.8 Å². The molecule has 0 aliphatic heterocycles. The largest absolute Gasteiger partial charge is 0.631 e. The Morgan fingerprint density at radius 3 is 0.909 bits per heavy atom. The van der Waals surface area contributed by atoms with E-state index in [2.05, 4.69) is 0 Å². The summed E-state index contributed by atoms with van der Waals surface area (Å²) in [6.45, 7) is 0. The molecule has 11 heavy (non-hydrogen) atoms. The number of hydrogen-bond donors (Lipinski definition) is 6. The van der Waals surface area contributed by atoms with Crippen molar-refractivity contribution in [3.05, 3.63) is 0 Å². The maximum Gasteiger partial charge on any atom is 0.631 e. The molecule has 0 fully saturated rings. The summed E-state index contributed by atoms with van der Waals surface area (Å²) in [6, 6.07) is 0. The summed E-state index contributed by atoms with van der Waals surface area (Å²) in [6.07, 6.45) is 0. The van der Waals surface area contributed by atoms with Crippen LogP contribution in [0.4, 0.5) is 0 Å². The highest BCUT2D eigenvalue weighted by Gasteiger charge is 2.00. The predicted molar refractivity (Wildman–Crippen MR) is 46.6 cm³/mol. The van der Waals surface area contributed by atoms with E-state index in [-0.39, 0.29) is 34.7 Å². The zero-order valence-electron chi connectivity index (χ0n) is 4.12. The lowest BCUT2D eigenvalue weighted by molar-refractivity contribution is 0.274. The van der Waals surface area contributed by atoms with Gasteiger partial charge in [-0.25, -0.2) is 4.57 Å². The van der Waals surface area contributed by atoms with Crippen molar-refractivity contribution >= 4 is 49.9 Å². The summed E-state index contributed by atoms with van der Waals surface area (Å²) < 4.78 is 8.88. The lowest BCUT2D eigenvalue weighted by atomic mass is 10.3. The van der Waals surface area contributed by atoms with Crippen LogP contribution in [0.15, 0.2) is 0 Å². The molecule has 0 radical (unpaired) electrons. The van der Waals surface area contributed by atoms with Crippen molar-refractivity contribution in [3.8, 4) is 0 Å². The van der Waals surface area contributed by atoms with Crippen LogP contribution in [0.2, 0.25) is 0 Å². The van der Waals surface area contributed by atoms with Crippen LogP contribution in [-0.4, -0.2) is 71.8 Å². The van der Waals surface area contributed by atoms with Crippen molar-refractivity contribution in [2.45, 2.75) is 0 Å². The molecule has 6 N–H and O–H groups in total. The van der Waals surface area contributed by atoms with Crippen LogP contribution in [0.25, 0.3) is 0 Å². The van der Waals surface area contributed by atoms with Crippen molar-refractivity contribution in [3.63, 3.8) is 0 Å².